The first-order valence-corrected chi connectivity index (χ1v) is 39.7. The molecule has 0 spiro atoms. The number of aromatic nitrogens is 25. The van der Waals surface area contributed by atoms with Crippen molar-refractivity contribution in [3.63, 3.8) is 0 Å². The first-order chi connectivity index (χ1) is 60.0. The molecule has 0 atom stereocenters. The number of aryl methyl sites for hydroxylation is 11. The summed E-state index contributed by atoms with van der Waals surface area (Å²) >= 11 is 6.39. The van der Waals surface area contributed by atoms with Crippen LogP contribution in [0, 0.1) is 19.7 Å². The lowest BCUT2D eigenvalue weighted by atomic mass is 10.0. The summed E-state index contributed by atoms with van der Waals surface area (Å²) in [7, 11) is 17.0. The molecule has 0 aliphatic carbocycles. The summed E-state index contributed by atoms with van der Waals surface area (Å²) in [4.78, 5) is 87.6. The van der Waals surface area contributed by atoms with Gasteiger partial charge in [-0.1, -0.05) is 23.7 Å². The van der Waals surface area contributed by atoms with E-state index in [4.69, 9.17) is 30.5 Å². The second-order valence-corrected chi connectivity index (χ2v) is 29.8. The Morgan fingerprint density at radius 1 is 0.403 bits per heavy atom. The Morgan fingerprint density at radius 2 is 0.806 bits per heavy atom. The summed E-state index contributed by atoms with van der Waals surface area (Å²) in [5.41, 5.74) is 19.3. The molecule has 624 valence electrons. The predicted molar refractivity (Wildman–Crippen MR) is 472 cm³/mol. The number of ether oxygens (including phenoxy) is 4. The lowest BCUT2D eigenvalue weighted by Gasteiger charge is -2.14. The van der Waals surface area contributed by atoms with Crippen molar-refractivity contribution in [3.05, 3.63) is 254 Å². The summed E-state index contributed by atoms with van der Waals surface area (Å²) < 4.78 is 57.2. The first-order valence-electron chi connectivity index (χ1n) is 39.3. The van der Waals surface area contributed by atoms with Crippen LogP contribution in [0.1, 0.15) is 37.5 Å². The van der Waals surface area contributed by atoms with Crippen molar-refractivity contribution in [2.45, 2.75) is 54.1 Å². The Morgan fingerprint density at radius 3 is 1.23 bits per heavy atom. The molecule has 0 amide bonds. The van der Waals surface area contributed by atoms with Gasteiger partial charge in [-0.15, -0.1) is 5.10 Å². The average Bonchev–Trinajstić information content (AvgIpc) is 1.57. The van der Waals surface area contributed by atoms with Crippen LogP contribution in [-0.4, -0.2) is 149 Å². The standard InChI is InChI=1S/C25H26N6O2.C22H20N6O2.C21H17ClN6O2.C21H18FN7O2/c1-6-16-11-26-10-15(3)23(16)31-24-19-8-18(17-12-28-30(7-2)14-17)22(33-5)9-20(19)27-13-21(24)29(4)25(31)32;1-4-27-13-14(11-25-27)16-9-17-18(10-20(16)30-3)24-12-19-21(17)28(22(29)26(19)2)15-5-7-23-8-6-15;1-26-11-12(8-25-26)13-6-14-16(7-19(13)30-3)24-10-18-20(14)28(21(29)27(18)2)17-4-5-23-9-15(17)22;1-11-7-23-8-14(22)19(11)29-20-13-5-12(16-10-27(2)26-25-16)18(31-4)6-15(13)24-9-17(20)28(3)21(29)30/h8-14H,6-7H2,1-5H3;5-13H,4H2,1-3H3;4-11H,1-3H3;5-10H,1-4H3. The molecule has 0 fully saturated rings. The zero-order chi connectivity index (χ0) is 87.0. The van der Waals surface area contributed by atoms with Gasteiger partial charge in [0.15, 0.2) is 5.82 Å². The van der Waals surface area contributed by atoms with Gasteiger partial charge in [0.2, 0.25) is 0 Å². The highest BCUT2D eigenvalue weighted by molar-refractivity contribution is 6.32. The highest BCUT2D eigenvalue weighted by Gasteiger charge is 2.28. The van der Waals surface area contributed by atoms with Crippen LogP contribution in [0.15, 0.2) is 204 Å². The molecule has 20 aromatic rings. The molecule has 0 radical (unpaired) electrons. The second-order valence-electron chi connectivity index (χ2n) is 29.4. The average molecular weight is 1680 g/mol. The molecule has 16 heterocycles. The van der Waals surface area contributed by atoms with E-state index in [0.717, 1.165) is 131 Å². The number of benzene rings is 4. The minimum Gasteiger partial charge on any atom is -0.496 e. The maximum atomic E-state index is 14.8. The first kappa shape index (κ1) is 80.8. The Labute approximate surface area is 708 Å². The van der Waals surface area contributed by atoms with Gasteiger partial charge in [0.05, 0.1) is 178 Å². The fourth-order valence-corrected chi connectivity index (χ4v) is 16.2. The van der Waals surface area contributed by atoms with Crippen LogP contribution in [0.25, 0.3) is 155 Å². The molecular weight excluding hydrogens is 1600 g/mol. The zero-order valence-electron chi connectivity index (χ0n) is 70.1. The molecule has 0 N–H and O–H groups in total. The number of rotatable bonds is 15. The van der Waals surface area contributed by atoms with Crippen LogP contribution in [0.3, 0.4) is 0 Å². The van der Waals surface area contributed by atoms with Gasteiger partial charge in [0.1, 0.15) is 28.7 Å². The van der Waals surface area contributed by atoms with Crippen LogP contribution in [0.2, 0.25) is 5.02 Å². The number of halogens is 2. The topological polar surface area (TPSA) is 332 Å². The van der Waals surface area contributed by atoms with Crippen molar-refractivity contribution < 1.29 is 23.3 Å². The van der Waals surface area contributed by atoms with Crippen LogP contribution in [-0.2, 0) is 61.8 Å². The molecule has 20 rings (SSSR count). The van der Waals surface area contributed by atoms with Gasteiger partial charge in [0, 0.05) is 202 Å². The van der Waals surface area contributed by atoms with E-state index in [1.807, 2.05) is 123 Å². The second kappa shape index (κ2) is 32.5. The molecule has 0 aliphatic rings. The van der Waals surface area contributed by atoms with E-state index in [2.05, 4.69) is 78.5 Å². The fraction of sp³-hybridized carbons (Fsp3) is 0.202. The molecule has 35 heteroatoms. The van der Waals surface area contributed by atoms with Crippen LogP contribution < -0.4 is 41.7 Å². The fourth-order valence-electron chi connectivity index (χ4n) is 16.0. The van der Waals surface area contributed by atoms with E-state index in [1.54, 1.807) is 181 Å². The summed E-state index contributed by atoms with van der Waals surface area (Å²) in [6, 6.07) is 20.7. The molecule has 4 aromatic carbocycles. The number of fused-ring (bicyclic) bond motifs is 12. The zero-order valence-corrected chi connectivity index (χ0v) is 70.9. The van der Waals surface area contributed by atoms with E-state index in [9.17, 15) is 23.6 Å². The van der Waals surface area contributed by atoms with E-state index >= 15 is 0 Å². The number of nitrogens with zero attached hydrogens (tertiary/aromatic N) is 25. The minimum atomic E-state index is -0.581. The van der Waals surface area contributed by atoms with Crippen molar-refractivity contribution in [3.8, 4) is 90.4 Å². The van der Waals surface area contributed by atoms with Gasteiger partial charge in [-0.2, -0.15) is 15.3 Å². The van der Waals surface area contributed by atoms with Crippen molar-refractivity contribution in [1.29, 1.82) is 0 Å². The monoisotopic (exact) mass is 1680 g/mol. The van der Waals surface area contributed by atoms with Crippen LogP contribution in [0.5, 0.6) is 23.0 Å². The Kier molecular flexibility index (Phi) is 21.2. The maximum absolute atomic E-state index is 14.8. The molecule has 0 bridgehead atoms. The SMILES string of the molecule is CCc1cncc(C)c1-n1c(=O)n(C)c2cnc3cc(OC)c(-c4cnn(CC)c4)cc3c21.CCn1cc(-c2cc3c(cc2OC)ncc2c3n(-c3ccncc3)c(=O)n2C)cn1.COc1cc2ncc3c(c2cc1-c1cn(C)nn1)n(-c1c(C)cncc1F)c(=O)n3C.COc1cc2ncc3c(c2cc1-c1cnn(C)c1)n(-c1ccncc1Cl)c(=O)n3C. The lowest BCUT2D eigenvalue weighted by Crippen LogP contribution is -2.22. The van der Waals surface area contributed by atoms with E-state index in [0.29, 0.717) is 89.0 Å². The number of hydrogen-bond acceptors (Lipinski definition) is 21. The molecule has 33 nitrogen and oxygen atoms in total. The van der Waals surface area contributed by atoms with Gasteiger partial charge < -0.3 is 18.9 Å². The summed E-state index contributed by atoms with van der Waals surface area (Å²) in [6.45, 7) is 11.4. The molecule has 124 heavy (non-hydrogen) atoms. The number of imidazole rings is 4. The smallest absolute Gasteiger partial charge is 0.333 e. The highest BCUT2D eigenvalue weighted by Crippen LogP contribution is 2.42. The Bertz CT molecular complexity index is 7890. The van der Waals surface area contributed by atoms with E-state index in [-0.39, 0.29) is 28.4 Å². The van der Waals surface area contributed by atoms with E-state index in [1.165, 1.54) is 21.5 Å². The van der Waals surface area contributed by atoms with Gasteiger partial charge in [-0.3, -0.25) is 95.1 Å². The Hall–Kier alpha value is -15.6. The molecular formula is C89H81ClFN25O8. The third-order valence-electron chi connectivity index (χ3n) is 22.2. The molecule has 0 unspecified atom stereocenters. The van der Waals surface area contributed by atoms with Gasteiger partial charge in [-0.05, 0) is 93.3 Å². The largest absolute Gasteiger partial charge is 0.496 e. The molecule has 0 saturated heterocycles. The third kappa shape index (κ3) is 13.7. The quantitative estimate of drug-likeness (QED) is 0.0920. The predicted octanol–water partition coefficient (Wildman–Crippen LogP) is 13.1. The molecule has 16 aromatic heterocycles. The number of hydrogen-bond donors (Lipinski definition) is 0. The van der Waals surface area contributed by atoms with Crippen molar-refractivity contribution >= 4 is 99.3 Å². The maximum Gasteiger partial charge on any atom is 0.333 e. The minimum absolute atomic E-state index is 0.112. The van der Waals surface area contributed by atoms with Gasteiger partial charge in [0.25, 0.3) is 0 Å². The third-order valence-corrected chi connectivity index (χ3v) is 22.5. The number of methoxy groups -OCH3 is 4. The van der Waals surface area contributed by atoms with Crippen molar-refractivity contribution in [2.24, 2.45) is 42.3 Å². The Balaban J connectivity index is 0.000000117. The summed E-state index contributed by atoms with van der Waals surface area (Å²) in [5.74, 6) is 2.08. The number of pyridine rings is 8. The van der Waals surface area contributed by atoms with Crippen LogP contribution >= 0.6 is 11.6 Å². The summed E-state index contributed by atoms with van der Waals surface area (Å²) in [5, 5.41) is 24.9. The van der Waals surface area contributed by atoms with Crippen molar-refractivity contribution in [2.75, 3.05) is 28.4 Å². The summed E-state index contributed by atoms with van der Waals surface area (Å²) in [6.07, 6.45) is 33.4. The highest BCUT2D eigenvalue weighted by atomic mass is 35.5. The van der Waals surface area contributed by atoms with Crippen LogP contribution in [0.4, 0.5) is 4.39 Å². The van der Waals surface area contributed by atoms with E-state index < -0.39 is 5.82 Å². The molecule has 0 aliphatic heterocycles. The van der Waals surface area contributed by atoms with Gasteiger partial charge >= 0.3 is 22.8 Å². The van der Waals surface area contributed by atoms with Gasteiger partial charge in [-0.25, -0.2) is 23.6 Å². The molecule has 0 saturated carbocycles. The van der Waals surface area contributed by atoms with Crippen molar-refractivity contribution in [1.82, 2.24) is 121 Å². The lowest BCUT2D eigenvalue weighted by molar-refractivity contribution is 0.416. The normalized spacial score (nSPS) is 11.5.